The molecular weight excluding hydrogens is 747 g/mol. The summed E-state index contributed by atoms with van der Waals surface area (Å²) in [5, 5.41) is 5.69. The van der Waals surface area contributed by atoms with Gasteiger partial charge < -0.3 is 30.6 Å². The average molecular weight is 806 g/mol. The lowest BCUT2D eigenvalue weighted by molar-refractivity contribution is -0.157. The first-order valence-corrected chi connectivity index (χ1v) is 20.3. The number of nitrogens with one attached hydrogen (secondary N) is 2. The highest BCUT2D eigenvalue weighted by atomic mass is 16.6. The Balaban J connectivity index is 1.50. The highest BCUT2D eigenvalue weighted by Crippen LogP contribution is 2.27. The Labute approximate surface area is 348 Å². The first-order valence-electron chi connectivity index (χ1n) is 20.3. The Bertz CT molecular complexity index is 1960. The maximum absolute atomic E-state index is 14.3. The molecular formula is C48H59N3O8. The van der Waals surface area contributed by atoms with Crippen LogP contribution in [-0.4, -0.2) is 47.8 Å². The third kappa shape index (κ3) is 16.4. The second kappa shape index (κ2) is 22.8. The number of nitrogens with two attached hydrogens (primary N) is 1. The fourth-order valence-electron chi connectivity index (χ4n) is 6.79. The molecule has 0 aromatic heterocycles. The quantitative estimate of drug-likeness (QED) is 0.0539. The molecule has 0 fully saturated rings. The van der Waals surface area contributed by atoms with E-state index in [2.05, 4.69) is 10.6 Å². The van der Waals surface area contributed by atoms with Crippen LogP contribution in [0.2, 0.25) is 0 Å². The van der Waals surface area contributed by atoms with Crippen LogP contribution in [0.25, 0.3) is 0 Å². The first-order chi connectivity index (χ1) is 28.2. The van der Waals surface area contributed by atoms with Crippen molar-refractivity contribution in [2.24, 2.45) is 17.6 Å². The molecule has 1 unspecified atom stereocenters. The van der Waals surface area contributed by atoms with Crippen molar-refractivity contribution < 1.29 is 38.2 Å². The summed E-state index contributed by atoms with van der Waals surface area (Å²) >= 11 is 0. The number of rotatable bonds is 22. The fourth-order valence-corrected chi connectivity index (χ4v) is 6.79. The van der Waals surface area contributed by atoms with Crippen LogP contribution < -0.4 is 21.1 Å². The smallest absolute Gasteiger partial charge is 0.407 e. The summed E-state index contributed by atoms with van der Waals surface area (Å²) in [5.41, 5.74) is 10.4. The molecule has 4 N–H and O–H groups in total. The number of Topliss-reactive ketones (excluding diaryl/α,β-unsaturated/α-hetero) is 1. The number of aryl methyl sites for hydroxylation is 2. The van der Waals surface area contributed by atoms with Crippen molar-refractivity contribution in [2.45, 2.75) is 104 Å². The molecule has 59 heavy (non-hydrogen) atoms. The molecule has 0 aliphatic heterocycles. The lowest BCUT2D eigenvalue weighted by Crippen LogP contribution is -2.46. The Morgan fingerprint density at radius 1 is 0.695 bits per heavy atom. The van der Waals surface area contributed by atoms with E-state index in [1.165, 1.54) is 0 Å². The summed E-state index contributed by atoms with van der Waals surface area (Å²) in [7, 11) is 0. The minimum atomic E-state index is -0.984. The molecule has 314 valence electrons. The summed E-state index contributed by atoms with van der Waals surface area (Å²) in [4.78, 5) is 66.6. The maximum atomic E-state index is 14.3. The van der Waals surface area contributed by atoms with Gasteiger partial charge in [0.15, 0.2) is 5.78 Å². The number of hydrogen-bond donors (Lipinski definition) is 3. The van der Waals surface area contributed by atoms with E-state index in [0.717, 1.165) is 33.4 Å². The van der Waals surface area contributed by atoms with Crippen molar-refractivity contribution in [3.63, 3.8) is 0 Å². The fraction of sp³-hybridized carbons (Fsp3) is 0.396. The highest BCUT2D eigenvalue weighted by Gasteiger charge is 2.32. The number of amides is 3. The van der Waals surface area contributed by atoms with Crippen molar-refractivity contribution in [2.75, 3.05) is 6.54 Å². The van der Waals surface area contributed by atoms with E-state index in [1.54, 1.807) is 20.8 Å². The van der Waals surface area contributed by atoms with Crippen LogP contribution in [0.5, 0.6) is 5.75 Å². The van der Waals surface area contributed by atoms with Crippen LogP contribution in [0.15, 0.2) is 103 Å². The summed E-state index contributed by atoms with van der Waals surface area (Å²) in [6.45, 7) is 9.98. The van der Waals surface area contributed by atoms with Gasteiger partial charge in [-0.25, -0.2) is 4.79 Å². The Morgan fingerprint density at radius 2 is 1.25 bits per heavy atom. The minimum Gasteiger partial charge on any atom is -0.489 e. The standard InChI is InChI=1S/C48H59N3O8/c1-33-25-40(57-31-36-19-11-7-12-20-36)26-34(2)41(33)28-39(30-44(53)59-48(3,4)5)46(55)51-42(43(52)29-38(45(49)54)27-35-17-9-6-10-18-35)23-15-16-24-50-47(56)58-32-37-21-13-8-14-22-37/h6-14,17-22,25-26,38-39,42H,15-16,23-24,27-32H2,1-5H3,(H2,49,54)(H,50,56)(H,51,55)/t38-,39?,42+/m1/s1. The zero-order valence-corrected chi connectivity index (χ0v) is 35.0. The number of ketones is 1. The Morgan fingerprint density at radius 3 is 1.81 bits per heavy atom. The van der Waals surface area contributed by atoms with Gasteiger partial charge in [-0.3, -0.25) is 19.2 Å². The van der Waals surface area contributed by atoms with Crippen molar-refractivity contribution in [3.05, 3.63) is 137 Å². The van der Waals surface area contributed by atoms with Crippen LogP contribution in [0.3, 0.4) is 0 Å². The van der Waals surface area contributed by atoms with Crippen molar-refractivity contribution >= 4 is 29.7 Å². The minimum absolute atomic E-state index is 0.134. The van der Waals surface area contributed by atoms with Crippen LogP contribution in [0.4, 0.5) is 4.79 Å². The number of carbonyl (C=O) groups excluding carboxylic acids is 5. The van der Waals surface area contributed by atoms with E-state index >= 15 is 0 Å². The lowest BCUT2D eigenvalue weighted by Gasteiger charge is -2.26. The van der Waals surface area contributed by atoms with Crippen molar-refractivity contribution in [1.82, 2.24) is 10.6 Å². The van der Waals surface area contributed by atoms with Gasteiger partial charge in [-0.1, -0.05) is 91.0 Å². The molecule has 0 radical (unpaired) electrons. The van der Waals surface area contributed by atoms with Gasteiger partial charge in [-0.05, 0) is 112 Å². The monoisotopic (exact) mass is 805 g/mol. The summed E-state index contributed by atoms with van der Waals surface area (Å²) in [5.74, 6) is -2.99. The van der Waals surface area contributed by atoms with E-state index in [9.17, 15) is 24.0 Å². The topological polar surface area (TPSA) is 163 Å². The number of hydrogen-bond acceptors (Lipinski definition) is 8. The van der Waals surface area contributed by atoms with Gasteiger partial charge in [0.1, 0.15) is 24.6 Å². The third-order valence-electron chi connectivity index (χ3n) is 9.85. The number of unbranched alkanes of at least 4 members (excludes halogenated alkanes) is 1. The van der Waals surface area contributed by atoms with Gasteiger partial charge in [-0.2, -0.15) is 0 Å². The molecule has 4 aromatic carbocycles. The van der Waals surface area contributed by atoms with Gasteiger partial charge >= 0.3 is 12.1 Å². The SMILES string of the molecule is Cc1cc(OCc2ccccc2)cc(C)c1CC(CC(=O)OC(C)(C)C)C(=O)N[C@@H](CCCCNC(=O)OCc1ccccc1)C(=O)C[C@@H](Cc1ccccc1)C(N)=O. The Kier molecular flexibility index (Phi) is 17.7. The van der Waals surface area contributed by atoms with Gasteiger partial charge in [0.25, 0.3) is 0 Å². The molecule has 3 amide bonds. The summed E-state index contributed by atoms with van der Waals surface area (Å²) in [6.07, 6.45) is 0.675. The molecule has 4 aromatic rings. The molecule has 0 heterocycles. The molecule has 0 bridgehead atoms. The summed E-state index contributed by atoms with van der Waals surface area (Å²) < 4.78 is 17.0. The number of carbonyl (C=O) groups is 5. The second-order valence-corrected chi connectivity index (χ2v) is 16.0. The lowest BCUT2D eigenvalue weighted by atomic mass is 9.88. The number of esters is 1. The van der Waals surface area contributed by atoms with E-state index in [-0.39, 0.29) is 51.0 Å². The first kappa shape index (κ1) is 45.7. The molecule has 0 spiro atoms. The van der Waals surface area contributed by atoms with Crippen LogP contribution in [0.1, 0.15) is 86.3 Å². The molecule has 0 aliphatic rings. The van der Waals surface area contributed by atoms with Gasteiger partial charge in [0.05, 0.1) is 18.4 Å². The number of alkyl carbamates (subject to hydrolysis) is 1. The second-order valence-electron chi connectivity index (χ2n) is 16.0. The molecule has 0 saturated carbocycles. The normalized spacial score (nSPS) is 12.7. The van der Waals surface area contributed by atoms with E-state index in [0.29, 0.717) is 25.2 Å². The zero-order valence-electron chi connectivity index (χ0n) is 35.0. The largest absolute Gasteiger partial charge is 0.489 e. The Hall–Kier alpha value is -5.97. The third-order valence-corrected chi connectivity index (χ3v) is 9.85. The van der Waals surface area contributed by atoms with Gasteiger partial charge in [-0.15, -0.1) is 0 Å². The number of benzene rings is 4. The van der Waals surface area contributed by atoms with E-state index in [1.807, 2.05) is 117 Å². The predicted molar refractivity (Wildman–Crippen MR) is 227 cm³/mol. The predicted octanol–water partition coefficient (Wildman–Crippen LogP) is 7.66. The highest BCUT2D eigenvalue weighted by molar-refractivity contribution is 5.93. The average Bonchev–Trinajstić information content (AvgIpc) is 3.19. The van der Waals surface area contributed by atoms with Gasteiger partial charge in [0.2, 0.25) is 11.8 Å². The molecule has 3 atom stereocenters. The van der Waals surface area contributed by atoms with Crippen LogP contribution >= 0.6 is 0 Å². The molecule has 11 nitrogen and oxygen atoms in total. The van der Waals surface area contributed by atoms with E-state index < -0.39 is 47.4 Å². The number of primary amides is 1. The van der Waals surface area contributed by atoms with Crippen molar-refractivity contribution in [3.8, 4) is 5.75 Å². The maximum Gasteiger partial charge on any atom is 0.407 e. The van der Waals surface area contributed by atoms with Crippen molar-refractivity contribution in [1.29, 1.82) is 0 Å². The van der Waals surface area contributed by atoms with Gasteiger partial charge in [0, 0.05) is 18.9 Å². The van der Waals surface area contributed by atoms with Crippen LogP contribution in [-0.2, 0) is 54.7 Å². The zero-order chi connectivity index (χ0) is 42.8. The molecule has 0 aliphatic carbocycles. The van der Waals surface area contributed by atoms with Crippen LogP contribution in [0, 0.1) is 25.7 Å². The summed E-state index contributed by atoms with van der Waals surface area (Å²) in [6, 6.07) is 31.3. The molecule has 11 heteroatoms. The number of ether oxygens (including phenoxy) is 3. The van der Waals surface area contributed by atoms with E-state index in [4.69, 9.17) is 19.9 Å². The molecule has 4 rings (SSSR count). The molecule has 0 saturated heterocycles.